The van der Waals surface area contributed by atoms with Crippen molar-refractivity contribution in [2.24, 2.45) is 5.92 Å². The average Bonchev–Trinajstić information content (AvgIpc) is 3.40. The Kier molecular flexibility index (Phi) is 6.61. The summed E-state index contributed by atoms with van der Waals surface area (Å²) in [6.45, 7) is 4.91. The second-order valence-electron chi connectivity index (χ2n) is 8.63. The molecule has 7 nitrogen and oxygen atoms in total. The number of anilines is 2. The van der Waals surface area contributed by atoms with Gasteiger partial charge in [0, 0.05) is 0 Å². The van der Waals surface area contributed by atoms with Gasteiger partial charge in [-0.25, -0.2) is 14.4 Å². The van der Waals surface area contributed by atoms with Gasteiger partial charge in [0.2, 0.25) is 5.91 Å². The zero-order chi connectivity index (χ0) is 25.2. The second kappa shape index (κ2) is 9.99. The zero-order valence-electron chi connectivity index (χ0n) is 20.1. The highest BCUT2D eigenvalue weighted by Crippen LogP contribution is 2.48. The first kappa shape index (κ1) is 23.8. The average molecular weight is 491 g/mol. The molecule has 2 amide bonds. The fourth-order valence-electron chi connectivity index (χ4n) is 4.71. The van der Waals surface area contributed by atoms with Crippen LogP contribution in [0.3, 0.4) is 0 Å². The highest BCUT2D eigenvalue weighted by Gasteiger charge is 2.60. The van der Waals surface area contributed by atoms with E-state index < -0.39 is 35.7 Å². The van der Waals surface area contributed by atoms with Crippen molar-refractivity contribution in [1.82, 2.24) is 0 Å². The molecule has 2 aliphatic rings. The maximum absolute atomic E-state index is 13.7. The van der Waals surface area contributed by atoms with Crippen LogP contribution in [0.5, 0.6) is 11.5 Å². The van der Waals surface area contributed by atoms with Gasteiger partial charge in [0.1, 0.15) is 11.7 Å². The van der Waals surface area contributed by atoms with Crippen molar-refractivity contribution >= 4 is 23.2 Å². The van der Waals surface area contributed by atoms with Crippen LogP contribution in [0, 0.1) is 11.7 Å². The van der Waals surface area contributed by atoms with E-state index in [-0.39, 0.29) is 0 Å². The lowest BCUT2D eigenvalue weighted by Gasteiger charge is -2.29. The number of hydrogen-bond donors (Lipinski definition) is 0. The van der Waals surface area contributed by atoms with E-state index in [0.717, 1.165) is 22.6 Å². The van der Waals surface area contributed by atoms with Crippen molar-refractivity contribution in [2.45, 2.75) is 32.4 Å². The Bertz CT molecular complexity index is 1250. The van der Waals surface area contributed by atoms with Gasteiger partial charge in [-0.15, -0.1) is 0 Å². The number of hydrogen-bond acceptors (Lipinski definition) is 6. The predicted octanol–water partition coefficient (Wildman–Crippen LogP) is 5.06. The van der Waals surface area contributed by atoms with Gasteiger partial charge >= 0.3 is 0 Å². The SMILES string of the molecule is CCCOc1ccc(C2C3C(=O)N(c4ccc(F)cc4)C(=O)C3ON2c2ccccc2)cc1OCC. The number of halogens is 1. The summed E-state index contributed by atoms with van der Waals surface area (Å²) in [4.78, 5) is 34.4. The van der Waals surface area contributed by atoms with E-state index in [2.05, 4.69) is 0 Å². The molecular formula is C28H27FN2O5. The van der Waals surface area contributed by atoms with E-state index in [4.69, 9.17) is 14.3 Å². The van der Waals surface area contributed by atoms with Gasteiger partial charge in [-0.2, -0.15) is 0 Å². The fraction of sp³-hybridized carbons (Fsp3) is 0.286. The van der Waals surface area contributed by atoms with Crippen LogP contribution >= 0.6 is 0 Å². The summed E-state index contributed by atoms with van der Waals surface area (Å²) < 4.78 is 25.2. The summed E-state index contributed by atoms with van der Waals surface area (Å²) in [7, 11) is 0. The van der Waals surface area contributed by atoms with Gasteiger partial charge in [0.15, 0.2) is 17.6 Å². The Morgan fingerprint density at radius 1 is 0.861 bits per heavy atom. The lowest BCUT2D eigenvalue weighted by molar-refractivity contribution is -0.126. The molecular weight excluding hydrogens is 463 g/mol. The van der Waals surface area contributed by atoms with Crippen molar-refractivity contribution in [2.75, 3.05) is 23.2 Å². The first-order valence-corrected chi connectivity index (χ1v) is 12.1. The number of ether oxygens (including phenoxy) is 2. The number of carbonyl (C=O) groups excluding carboxylic acids is 2. The highest BCUT2D eigenvalue weighted by molar-refractivity contribution is 6.23. The minimum absolute atomic E-state index is 0.313. The summed E-state index contributed by atoms with van der Waals surface area (Å²) in [5.41, 5.74) is 1.78. The first-order valence-electron chi connectivity index (χ1n) is 12.1. The van der Waals surface area contributed by atoms with Crippen LogP contribution in [0.25, 0.3) is 0 Å². The summed E-state index contributed by atoms with van der Waals surface area (Å²) in [5, 5.41) is 1.63. The van der Waals surface area contributed by atoms with Crippen LogP contribution in [0.4, 0.5) is 15.8 Å². The molecule has 3 aromatic rings. The van der Waals surface area contributed by atoms with E-state index in [1.807, 2.05) is 62.4 Å². The number of imide groups is 1. The van der Waals surface area contributed by atoms with Crippen LogP contribution in [-0.4, -0.2) is 31.1 Å². The molecule has 0 bridgehead atoms. The molecule has 0 radical (unpaired) electrons. The number of hydroxylamine groups is 1. The summed E-state index contributed by atoms with van der Waals surface area (Å²) in [6, 6.07) is 19.6. The van der Waals surface area contributed by atoms with Crippen LogP contribution in [0.2, 0.25) is 0 Å². The Balaban J connectivity index is 1.57. The van der Waals surface area contributed by atoms with E-state index in [1.54, 1.807) is 5.06 Å². The number of nitrogens with zero attached hydrogens (tertiary/aromatic N) is 2. The third-order valence-electron chi connectivity index (χ3n) is 6.28. The Hall–Kier alpha value is -3.91. The summed E-state index contributed by atoms with van der Waals surface area (Å²) in [6.07, 6.45) is -0.162. The van der Waals surface area contributed by atoms with Gasteiger partial charge in [0.05, 0.1) is 30.6 Å². The van der Waals surface area contributed by atoms with Crippen molar-refractivity contribution in [3.63, 3.8) is 0 Å². The summed E-state index contributed by atoms with van der Waals surface area (Å²) >= 11 is 0. The van der Waals surface area contributed by atoms with E-state index in [1.165, 1.54) is 24.3 Å². The molecule has 2 saturated heterocycles. The molecule has 36 heavy (non-hydrogen) atoms. The van der Waals surface area contributed by atoms with Gasteiger partial charge in [0.25, 0.3) is 5.91 Å². The third-order valence-corrected chi connectivity index (χ3v) is 6.28. The molecule has 2 aliphatic heterocycles. The van der Waals surface area contributed by atoms with Gasteiger partial charge in [-0.05, 0) is 67.4 Å². The molecule has 5 rings (SSSR count). The molecule has 0 aromatic heterocycles. The van der Waals surface area contributed by atoms with Crippen molar-refractivity contribution < 1.29 is 28.3 Å². The molecule has 0 spiro atoms. The van der Waals surface area contributed by atoms with Crippen LogP contribution in [-0.2, 0) is 14.4 Å². The number of amides is 2. The minimum Gasteiger partial charge on any atom is -0.490 e. The molecule has 2 heterocycles. The minimum atomic E-state index is -1.01. The normalized spacial score (nSPS) is 21.1. The standard InChI is InChI=1S/C28H27FN2O5/c1-3-16-35-22-15-10-18(17-23(22)34-4-2)25-24-26(36-31(25)21-8-6-5-7-9-21)28(33)30(27(24)32)20-13-11-19(29)12-14-20/h5-15,17,24-26H,3-4,16H2,1-2H3. The van der Waals surface area contributed by atoms with E-state index in [9.17, 15) is 14.0 Å². The Morgan fingerprint density at radius 2 is 1.61 bits per heavy atom. The van der Waals surface area contributed by atoms with Crippen molar-refractivity contribution in [3.8, 4) is 11.5 Å². The number of para-hydroxylation sites is 1. The quantitative estimate of drug-likeness (QED) is 0.411. The predicted molar refractivity (Wildman–Crippen MR) is 132 cm³/mol. The molecule has 3 atom stereocenters. The van der Waals surface area contributed by atoms with Crippen molar-refractivity contribution in [3.05, 3.63) is 84.2 Å². The Labute approximate surface area is 208 Å². The monoisotopic (exact) mass is 490 g/mol. The van der Waals surface area contributed by atoms with Crippen LogP contribution < -0.4 is 19.4 Å². The highest BCUT2D eigenvalue weighted by atomic mass is 19.1. The number of rotatable bonds is 8. The van der Waals surface area contributed by atoms with E-state index >= 15 is 0 Å². The maximum Gasteiger partial charge on any atom is 0.266 e. The topological polar surface area (TPSA) is 68.3 Å². The molecule has 2 fully saturated rings. The number of carbonyl (C=O) groups is 2. The molecule has 3 unspecified atom stereocenters. The zero-order valence-corrected chi connectivity index (χ0v) is 20.1. The molecule has 8 heteroatoms. The Morgan fingerprint density at radius 3 is 2.31 bits per heavy atom. The maximum atomic E-state index is 13.7. The molecule has 0 aliphatic carbocycles. The molecule has 3 aromatic carbocycles. The lowest BCUT2D eigenvalue weighted by atomic mass is 9.90. The first-order chi connectivity index (χ1) is 17.5. The molecule has 186 valence electrons. The largest absolute Gasteiger partial charge is 0.490 e. The van der Waals surface area contributed by atoms with Crippen molar-refractivity contribution in [1.29, 1.82) is 0 Å². The number of fused-ring (bicyclic) bond motifs is 1. The van der Waals surface area contributed by atoms with Crippen LogP contribution in [0.15, 0.2) is 72.8 Å². The third kappa shape index (κ3) is 4.18. The summed E-state index contributed by atoms with van der Waals surface area (Å²) in [5.74, 6) is -0.953. The van der Waals surface area contributed by atoms with Gasteiger partial charge in [-0.1, -0.05) is 31.2 Å². The lowest BCUT2D eigenvalue weighted by Crippen LogP contribution is -2.37. The smallest absolute Gasteiger partial charge is 0.266 e. The van der Waals surface area contributed by atoms with Gasteiger partial charge in [-0.3, -0.25) is 14.4 Å². The fourth-order valence-corrected chi connectivity index (χ4v) is 4.71. The molecule has 0 saturated carbocycles. The second-order valence-corrected chi connectivity index (χ2v) is 8.63. The van der Waals surface area contributed by atoms with Gasteiger partial charge < -0.3 is 9.47 Å². The van der Waals surface area contributed by atoms with E-state index in [0.29, 0.717) is 30.4 Å². The number of benzene rings is 3. The molecule has 0 N–H and O–H groups in total. The van der Waals surface area contributed by atoms with Crippen LogP contribution in [0.1, 0.15) is 31.9 Å².